The number of pyridine rings is 1. The highest BCUT2D eigenvalue weighted by molar-refractivity contribution is 6.31. The lowest BCUT2D eigenvalue weighted by atomic mass is 10.0. The molecule has 27 heavy (non-hydrogen) atoms. The second-order valence-electron chi connectivity index (χ2n) is 6.84. The van der Waals surface area contributed by atoms with Gasteiger partial charge in [-0.15, -0.1) is 0 Å². The third-order valence-corrected chi connectivity index (χ3v) is 4.98. The smallest absolute Gasteiger partial charge is 0.248 e. The van der Waals surface area contributed by atoms with Crippen LogP contribution in [0.2, 0.25) is 5.02 Å². The Hall–Kier alpha value is -2.86. The number of carbonyl (C=O) groups excluding carboxylic acids is 2. The second kappa shape index (κ2) is 7.04. The highest BCUT2D eigenvalue weighted by Gasteiger charge is 2.24. The summed E-state index contributed by atoms with van der Waals surface area (Å²) in [6.45, 7) is 0. The van der Waals surface area contributed by atoms with Gasteiger partial charge in [-0.3, -0.25) is 9.59 Å². The molecule has 3 aromatic rings. The number of benzene rings is 1. The number of hydrogen-bond acceptors (Lipinski definition) is 4. The molecule has 1 saturated carbocycles. The van der Waals surface area contributed by atoms with E-state index < -0.39 is 5.91 Å². The van der Waals surface area contributed by atoms with E-state index in [-0.39, 0.29) is 5.78 Å². The monoisotopic (exact) mass is 383 g/mol. The first-order valence-corrected chi connectivity index (χ1v) is 9.12. The number of Topliss-reactive ketones (excluding diaryl/α,β-unsaturated/α-hetero) is 1. The molecule has 7 heteroatoms. The molecule has 0 atom stereocenters. The molecule has 0 spiro atoms. The number of fused-ring (bicyclic) bond motifs is 1. The lowest BCUT2D eigenvalue weighted by molar-refractivity contribution is -0.118. The Balaban J connectivity index is 1.53. The van der Waals surface area contributed by atoms with Gasteiger partial charge in [-0.1, -0.05) is 17.7 Å². The Kier molecular flexibility index (Phi) is 4.58. The van der Waals surface area contributed by atoms with Crippen LogP contribution in [0.4, 0.5) is 0 Å². The standard InChI is InChI=1S/C20H18ClN3O3/c21-17-10-16(4-3-13(17)8-15(25)7-12-1-2-12)27-19-11-23-24-6-5-14(20(22)26)9-18(19)24/h3-6,9-12H,1-2,7-8H2,(H2,22,26). The van der Waals surface area contributed by atoms with Gasteiger partial charge in [-0.2, -0.15) is 5.10 Å². The van der Waals surface area contributed by atoms with Crippen LogP contribution >= 0.6 is 11.6 Å². The first-order valence-electron chi connectivity index (χ1n) is 8.75. The number of halogens is 1. The zero-order valence-corrected chi connectivity index (χ0v) is 15.3. The SMILES string of the molecule is NC(=O)c1ccn2ncc(Oc3ccc(CC(=O)CC4CC4)c(Cl)c3)c2c1. The number of carbonyl (C=O) groups is 2. The van der Waals surface area contributed by atoms with Gasteiger partial charge in [0.1, 0.15) is 17.0 Å². The van der Waals surface area contributed by atoms with E-state index in [1.165, 1.54) is 0 Å². The van der Waals surface area contributed by atoms with Crippen molar-refractivity contribution in [3.63, 3.8) is 0 Å². The fourth-order valence-corrected chi connectivity index (χ4v) is 3.22. The summed E-state index contributed by atoms with van der Waals surface area (Å²) in [4.78, 5) is 23.4. The Morgan fingerprint density at radius 1 is 1.26 bits per heavy atom. The summed E-state index contributed by atoms with van der Waals surface area (Å²) >= 11 is 6.34. The zero-order valence-electron chi connectivity index (χ0n) is 14.5. The maximum absolute atomic E-state index is 12.1. The maximum atomic E-state index is 12.1. The summed E-state index contributed by atoms with van der Waals surface area (Å²) in [5.74, 6) is 1.27. The van der Waals surface area contributed by atoms with E-state index in [0.29, 0.717) is 46.4 Å². The number of primary amides is 1. The molecule has 1 aliphatic carbocycles. The van der Waals surface area contributed by atoms with Crippen molar-refractivity contribution in [2.24, 2.45) is 11.7 Å². The van der Waals surface area contributed by atoms with Crippen molar-refractivity contribution >= 4 is 28.8 Å². The highest BCUT2D eigenvalue weighted by atomic mass is 35.5. The van der Waals surface area contributed by atoms with Gasteiger partial charge in [-0.05, 0) is 48.6 Å². The molecule has 0 unspecified atom stereocenters. The van der Waals surface area contributed by atoms with Crippen LogP contribution in [-0.4, -0.2) is 21.3 Å². The van der Waals surface area contributed by atoms with Crippen molar-refractivity contribution in [3.8, 4) is 11.5 Å². The van der Waals surface area contributed by atoms with Crippen LogP contribution in [0.15, 0.2) is 42.7 Å². The zero-order chi connectivity index (χ0) is 19.0. The highest BCUT2D eigenvalue weighted by Crippen LogP contribution is 2.34. The molecule has 0 radical (unpaired) electrons. The fraction of sp³-hybridized carbons (Fsp3) is 0.250. The summed E-state index contributed by atoms with van der Waals surface area (Å²) in [7, 11) is 0. The molecule has 1 amide bonds. The van der Waals surface area contributed by atoms with Crippen LogP contribution in [0, 0.1) is 5.92 Å². The van der Waals surface area contributed by atoms with E-state index >= 15 is 0 Å². The summed E-state index contributed by atoms with van der Waals surface area (Å²) in [5.41, 5.74) is 7.12. The summed E-state index contributed by atoms with van der Waals surface area (Å²) in [5, 5.41) is 4.68. The normalized spacial score (nSPS) is 13.7. The summed E-state index contributed by atoms with van der Waals surface area (Å²) < 4.78 is 7.47. The average molecular weight is 384 g/mol. The number of ketones is 1. The van der Waals surface area contributed by atoms with Crippen LogP contribution < -0.4 is 10.5 Å². The quantitative estimate of drug-likeness (QED) is 0.672. The molecule has 1 aromatic carbocycles. The molecule has 1 aliphatic rings. The van der Waals surface area contributed by atoms with Crippen molar-refractivity contribution in [1.29, 1.82) is 0 Å². The minimum atomic E-state index is -0.520. The van der Waals surface area contributed by atoms with E-state index in [1.54, 1.807) is 41.2 Å². The number of hydrogen-bond donors (Lipinski definition) is 1. The third-order valence-electron chi connectivity index (χ3n) is 4.62. The molecule has 4 rings (SSSR count). The second-order valence-corrected chi connectivity index (χ2v) is 7.24. The van der Waals surface area contributed by atoms with Crippen molar-refractivity contribution in [1.82, 2.24) is 9.61 Å². The minimum Gasteiger partial charge on any atom is -0.453 e. The van der Waals surface area contributed by atoms with Crippen molar-refractivity contribution in [2.45, 2.75) is 25.7 Å². The molecular formula is C20H18ClN3O3. The topological polar surface area (TPSA) is 86.7 Å². The van der Waals surface area contributed by atoms with E-state index in [1.807, 2.05) is 6.07 Å². The Bertz CT molecular complexity index is 1040. The maximum Gasteiger partial charge on any atom is 0.248 e. The first-order chi connectivity index (χ1) is 13.0. The Morgan fingerprint density at radius 2 is 2.07 bits per heavy atom. The van der Waals surface area contributed by atoms with Crippen LogP contribution in [0.3, 0.4) is 0 Å². The largest absolute Gasteiger partial charge is 0.453 e. The van der Waals surface area contributed by atoms with Gasteiger partial charge in [-0.25, -0.2) is 4.52 Å². The third kappa shape index (κ3) is 3.95. The number of ether oxygens (including phenoxy) is 1. The summed E-state index contributed by atoms with van der Waals surface area (Å²) in [6.07, 6.45) is 6.49. The number of rotatable bonds is 7. The average Bonchev–Trinajstić information content (AvgIpc) is 3.36. The first kappa shape index (κ1) is 17.5. The van der Waals surface area contributed by atoms with Gasteiger partial charge in [0, 0.05) is 29.6 Å². The van der Waals surface area contributed by atoms with Gasteiger partial charge in [0.25, 0.3) is 0 Å². The van der Waals surface area contributed by atoms with E-state index in [9.17, 15) is 9.59 Å². The number of aromatic nitrogens is 2. The van der Waals surface area contributed by atoms with Crippen molar-refractivity contribution in [3.05, 3.63) is 58.9 Å². The molecule has 2 aromatic heterocycles. The van der Waals surface area contributed by atoms with Crippen LogP contribution in [0.5, 0.6) is 11.5 Å². The lowest BCUT2D eigenvalue weighted by Gasteiger charge is -2.08. The van der Waals surface area contributed by atoms with E-state index in [4.69, 9.17) is 22.1 Å². The molecule has 138 valence electrons. The molecule has 2 heterocycles. The molecule has 6 nitrogen and oxygen atoms in total. The molecule has 2 N–H and O–H groups in total. The van der Waals surface area contributed by atoms with Gasteiger partial charge in [0.2, 0.25) is 5.91 Å². The Morgan fingerprint density at radius 3 is 2.78 bits per heavy atom. The van der Waals surface area contributed by atoms with Crippen LogP contribution in [-0.2, 0) is 11.2 Å². The number of nitrogens with two attached hydrogens (primary N) is 1. The van der Waals surface area contributed by atoms with Crippen molar-refractivity contribution < 1.29 is 14.3 Å². The van der Waals surface area contributed by atoms with Crippen LogP contribution in [0.25, 0.3) is 5.52 Å². The number of nitrogens with zero attached hydrogens (tertiary/aromatic N) is 2. The molecular weight excluding hydrogens is 366 g/mol. The summed E-state index contributed by atoms with van der Waals surface area (Å²) in [6, 6.07) is 8.48. The molecule has 0 bridgehead atoms. The van der Waals surface area contributed by atoms with E-state index in [2.05, 4.69) is 5.10 Å². The molecule has 0 aliphatic heterocycles. The minimum absolute atomic E-state index is 0.217. The van der Waals surface area contributed by atoms with Gasteiger partial charge in [0.15, 0.2) is 5.75 Å². The predicted octanol–water partition coefficient (Wildman–Crippen LogP) is 3.79. The Labute approximate surface area is 160 Å². The number of amides is 1. The lowest BCUT2D eigenvalue weighted by Crippen LogP contribution is -2.11. The van der Waals surface area contributed by atoms with E-state index in [0.717, 1.165) is 18.4 Å². The fourth-order valence-electron chi connectivity index (χ4n) is 2.98. The van der Waals surface area contributed by atoms with Crippen LogP contribution in [0.1, 0.15) is 35.2 Å². The molecule has 0 saturated heterocycles. The van der Waals surface area contributed by atoms with Gasteiger partial charge >= 0.3 is 0 Å². The molecule has 1 fully saturated rings. The van der Waals surface area contributed by atoms with Gasteiger partial charge in [0.05, 0.1) is 6.20 Å². The van der Waals surface area contributed by atoms with Gasteiger partial charge < -0.3 is 10.5 Å². The van der Waals surface area contributed by atoms with Crippen molar-refractivity contribution in [2.75, 3.05) is 0 Å². The predicted molar refractivity (Wildman–Crippen MR) is 101 cm³/mol.